The van der Waals surface area contributed by atoms with Gasteiger partial charge < -0.3 is 18.9 Å². The third kappa shape index (κ3) is 5.37. The predicted octanol–water partition coefficient (Wildman–Crippen LogP) is 2.61. The largest absolute Gasteiger partial charge is 0.497 e. The van der Waals surface area contributed by atoms with E-state index in [9.17, 15) is 9.18 Å². The van der Waals surface area contributed by atoms with Gasteiger partial charge in [0.15, 0.2) is 6.61 Å². The highest BCUT2D eigenvalue weighted by Crippen LogP contribution is 2.20. The average molecular weight is 426 g/mol. The first-order valence-corrected chi connectivity index (χ1v) is 9.96. The van der Waals surface area contributed by atoms with Crippen molar-refractivity contribution in [2.75, 3.05) is 39.9 Å². The summed E-state index contributed by atoms with van der Waals surface area (Å²) < 4.78 is 28.9. The second-order valence-electron chi connectivity index (χ2n) is 7.14. The fraction of sp³-hybridized carbons (Fsp3) is 0.318. The molecule has 8 nitrogen and oxygen atoms in total. The van der Waals surface area contributed by atoms with Crippen LogP contribution in [0, 0.1) is 5.82 Å². The van der Waals surface area contributed by atoms with Crippen molar-refractivity contribution >= 4 is 5.91 Å². The van der Waals surface area contributed by atoms with Crippen LogP contribution in [0.25, 0.3) is 11.4 Å². The maximum absolute atomic E-state index is 12.9. The Hall–Kier alpha value is -3.46. The Balaban J connectivity index is 1.24. The number of halogens is 1. The van der Waals surface area contributed by atoms with E-state index in [0.717, 1.165) is 11.3 Å². The molecule has 0 aliphatic carbocycles. The topological polar surface area (TPSA) is 80.9 Å². The molecule has 4 rings (SSSR count). The molecule has 0 unspecified atom stereocenters. The van der Waals surface area contributed by atoms with Gasteiger partial charge in [-0.25, -0.2) is 4.39 Å². The van der Waals surface area contributed by atoms with Gasteiger partial charge in [0.1, 0.15) is 17.3 Å². The molecule has 1 amide bonds. The summed E-state index contributed by atoms with van der Waals surface area (Å²) in [4.78, 5) is 20.8. The van der Waals surface area contributed by atoms with Crippen LogP contribution in [0.5, 0.6) is 11.5 Å². The third-order valence-electron chi connectivity index (χ3n) is 5.08. The van der Waals surface area contributed by atoms with Crippen molar-refractivity contribution in [2.45, 2.75) is 6.54 Å². The fourth-order valence-electron chi connectivity index (χ4n) is 3.29. The molecule has 2 aromatic carbocycles. The summed E-state index contributed by atoms with van der Waals surface area (Å²) in [6.07, 6.45) is 0. The van der Waals surface area contributed by atoms with E-state index in [1.165, 1.54) is 24.3 Å². The molecule has 0 bridgehead atoms. The van der Waals surface area contributed by atoms with Crippen molar-refractivity contribution in [3.8, 4) is 22.9 Å². The van der Waals surface area contributed by atoms with Crippen LogP contribution < -0.4 is 9.47 Å². The summed E-state index contributed by atoms with van der Waals surface area (Å²) >= 11 is 0. The highest BCUT2D eigenvalue weighted by atomic mass is 19.1. The molecule has 1 aromatic heterocycles. The van der Waals surface area contributed by atoms with Crippen molar-refractivity contribution in [1.82, 2.24) is 19.9 Å². The summed E-state index contributed by atoms with van der Waals surface area (Å²) in [5.74, 6) is 1.87. The molecule has 0 atom stereocenters. The number of amides is 1. The van der Waals surface area contributed by atoms with E-state index in [1.807, 2.05) is 24.3 Å². The number of nitrogens with zero attached hydrogens (tertiary/aromatic N) is 4. The third-order valence-corrected chi connectivity index (χ3v) is 5.08. The van der Waals surface area contributed by atoms with Crippen LogP contribution in [0.3, 0.4) is 0 Å². The molecule has 3 aromatic rings. The summed E-state index contributed by atoms with van der Waals surface area (Å²) in [5.41, 5.74) is 0.854. The molecule has 0 saturated carbocycles. The Morgan fingerprint density at radius 2 is 1.71 bits per heavy atom. The molecule has 0 radical (unpaired) electrons. The van der Waals surface area contributed by atoms with E-state index in [2.05, 4.69) is 15.0 Å². The lowest BCUT2D eigenvalue weighted by atomic mass is 10.2. The average Bonchev–Trinajstić information content (AvgIpc) is 3.27. The van der Waals surface area contributed by atoms with Gasteiger partial charge in [0, 0.05) is 31.7 Å². The van der Waals surface area contributed by atoms with Crippen LogP contribution in [0.2, 0.25) is 0 Å². The first-order chi connectivity index (χ1) is 15.1. The number of carbonyl (C=O) groups excluding carboxylic acids is 1. The van der Waals surface area contributed by atoms with Gasteiger partial charge in [-0.1, -0.05) is 5.16 Å². The SMILES string of the molecule is COc1ccc(-c2noc(CN3CCN(C(=O)COc4ccc(F)cc4)CC3)n2)cc1. The second-order valence-corrected chi connectivity index (χ2v) is 7.14. The van der Waals surface area contributed by atoms with Crippen molar-refractivity contribution in [2.24, 2.45) is 0 Å². The van der Waals surface area contributed by atoms with E-state index in [1.54, 1.807) is 12.0 Å². The van der Waals surface area contributed by atoms with Crippen LogP contribution >= 0.6 is 0 Å². The number of methoxy groups -OCH3 is 1. The molecule has 0 N–H and O–H groups in total. The number of hydrogen-bond donors (Lipinski definition) is 0. The number of benzene rings is 2. The van der Waals surface area contributed by atoms with E-state index in [0.29, 0.717) is 50.2 Å². The summed E-state index contributed by atoms with van der Waals surface area (Å²) in [5, 5.41) is 4.05. The van der Waals surface area contributed by atoms with Crippen LogP contribution in [0.15, 0.2) is 53.1 Å². The second kappa shape index (κ2) is 9.57. The number of piperazine rings is 1. The molecule has 9 heteroatoms. The molecule has 1 fully saturated rings. The highest BCUT2D eigenvalue weighted by Gasteiger charge is 2.23. The van der Waals surface area contributed by atoms with E-state index < -0.39 is 0 Å². The lowest BCUT2D eigenvalue weighted by Crippen LogP contribution is -2.49. The molecular weight excluding hydrogens is 403 g/mol. The standard InChI is InChI=1S/C22H23FN4O4/c1-29-18-6-2-16(3-7-18)22-24-20(31-25-22)14-26-10-12-27(13-11-26)21(28)15-30-19-8-4-17(23)5-9-19/h2-9H,10-15H2,1H3. The van der Waals surface area contributed by atoms with E-state index >= 15 is 0 Å². The minimum absolute atomic E-state index is 0.0689. The molecule has 0 spiro atoms. The molecule has 1 saturated heterocycles. The lowest BCUT2D eigenvalue weighted by Gasteiger charge is -2.33. The quantitative estimate of drug-likeness (QED) is 0.574. The maximum atomic E-state index is 12.9. The Morgan fingerprint density at radius 1 is 1.03 bits per heavy atom. The smallest absolute Gasteiger partial charge is 0.260 e. The zero-order valence-electron chi connectivity index (χ0n) is 17.2. The van der Waals surface area contributed by atoms with Gasteiger partial charge in [-0.2, -0.15) is 4.98 Å². The van der Waals surface area contributed by atoms with Gasteiger partial charge in [-0.05, 0) is 48.5 Å². The number of hydrogen-bond acceptors (Lipinski definition) is 7. The summed E-state index contributed by atoms with van der Waals surface area (Å²) in [6, 6.07) is 13.1. The fourth-order valence-corrected chi connectivity index (χ4v) is 3.29. The van der Waals surface area contributed by atoms with Crippen LogP contribution in [-0.4, -0.2) is 65.7 Å². The molecule has 162 valence electrons. The van der Waals surface area contributed by atoms with Crippen molar-refractivity contribution in [3.05, 3.63) is 60.2 Å². The summed E-state index contributed by atoms with van der Waals surface area (Å²) in [7, 11) is 1.62. The zero-order chi connectivity index (χ0) is 21.6. The molecule has 1 aliphatic rings. The zero-order valence-corrected chi connectivity index (χ0v) is 17.2. The number of carbonyl (C=O) groups is 1. The van der Waals surface area contributed by atoms with Crippen LogP contribution in [0.1, 0.15) is 5.89 Å². The van der Waals surface area contributed by atoms with Gasteiger partial charge in [-0.15, -0.1) is 0 Å². The molecule has 2 heterocycles. The van der Waals surface area contributed by atoms with E-state index in [4.69, 9.17) is 14.0 Å². The first kappa shape index (κ1) is 20.8. The highest BCUT2D eigenvalue weighted by molar-refractivity contribution is 5.77. The van der Waals surface area contributed by atoms with Crippen LogP contribution in [-0.2, 0) is 11.3 Å². The lowest BCUT2D eigenvalue weighted by molar-refractivity contribution is -0.135. The Morgan fingerprint density at radius 3 is 2.39 bits per heavy atom. The van der Waals surface area contributed by atoms with Gasteiger partial charge >= 0.3 is 0 Å². The monoisotopic (exact) mass is 426 g/mol. The Labute approximate surface area is 179 Å². The van der Waals surface area contributed by atoms with Crippen molar-refractivity contribution < 1.29 is 23.2 Å². The number of ether oxygens (including phenoxy) is 2. The number of rotatable bonds is 7. The van der Waals surface area contributed by atoms with Gasteiger partial charge in [0.05, 0.1) is 13.7 Å². The summed E-state index contributed by atoms with van der Waals surface area (Å²) in [6.45, 7) is 3.03. The Kier molecular flexibility index (Phi) is 6.42. The van der Waals surface area contributed by atoms with Crippen LogP contribution in [0.4, 0.5) is 4.39 Å². The Bertz CT molecular complexity index is 999. The predicted molar refractivity (Wildman–Crippen MR) is 110 cm³/mol. The minimum Gasteiger partial charge on any atom is -0.497 e. The normalized spacial score (nSPS) is 14.5. The molecule has 31 heavy (non-hydrogen) atoms. The van der Waals surface area contributed by atoms with E-state index in [-0.39, 0.29) is 18.3 Å². The molecule has 1 aliphatic heterocycles. The maximum Gasteiger partial charge on any atom is 0.260 e. The molecular formula is C22H23FN4O4. The minimum atomic E-state index is -0.341. The number of aromatic nitrogens is 2. The van der Waals surface area contributed by atoms with Gasteiger partial charge in [0.2, 0.25) is 11.7 Å². The van der Waals surface area contributed by atoms with Crippen molar-refractivity contribution in [3.63, 3.8) is 0 Å². The first-order valence-electron chi connectivity index (χ1n) is 9.96. The van der Waals surface area contributed by atoms with Gasteiger partial charge in [0.25, 0.3) is 5.91 Å². The van der Waals surface area contributed by atoms with Gasteiger partial charge in [-0.3, -0.25) is 9.69 Å². The van der Waals surface area contributed by atoms with Crippen molar-refractivity contribution in [1.29, 1.82) is 0 Å².